The summed E-state index contributed by atoms with van der Waals surface area (Å²) in [7, 11) is 3.07. The quantitative estimate of drug-likeness (QED) is 0.612. The van der Waals surface area contributed by atoms with Crippen LogP contribution in [0.4, 0.5) is 8.78 Å². The molecule has 8 heteroatoms. The fourth-order valence-corrected chi connectivity index (χ4v) is 3.78. The van der Waals surface area contributed by atoms with Gasteiger partial charge in [0.15, 0.2) is 11.5 Å². The fraction of sp³-hybridized carbons (Fsp3) is 0.375. The Kier molecular flexibility index (Phi) is 9.47. The number of rotatable bonds is 8. The molecule has 0 radical (unpaired) electrons. The number of hydrogen-bond acceptors (Lipinski definition) is 4. The molecule has 5 nitrogen and oxygen atoms in total. The van der Waals surface area contributed by atoms with E-state index >= 15 is 0 Å². The molecule has 1 fully saturated rings. The predicted molar refractivity (Wildman–Crippen MR) is 124 cm³/mol. The van der Waals surface area contributed by atoms with Gasteiger partial charge < -0.3 is 19.7 Å². The summed E-state index contributed by atoms with van der Waals surface area (Å²) in [5, 5.41) is 3.41. The monoisotopic (exact) mass is 466 g/mol. The molecule has 1 amide bonds. The highest BCUT2D eigenvalue weighted by Gasteiger charge is 2.23. The third-order valence-corrected chi connectivity index (χ3v) is 5.33. The Bertz CT molecular complexity index is 962. The normalized spacial score (nSPS) is 15.8. The molecule has 1 saturated heterocycles. The molecule has 0 bridgehead atoms. The van der Waals surface area contributed by atoms with Crippen molar-refractivity contribution in [2.45, 2.75) is 25.8 Å². The predicted octanol–water partition coefficient (Wildman–Crippen LogP) is 4.70. The number of carbonyl (C=O) groups excluding carboxylic acids is 1. The second-order valence-electron chi connectivity index (χ2n) is 7.71. The van der Waals surface area contributed by atoms with Gasteiger partial charge in [-0.2, -0.15) is 0 Å². The molecule has 0 unspecified atom stereocenters. The van der Waals surface area contributed by atoms with Crippen molar-refractivity contribution in [2.24, 2.45) is 0 Å². The number of nitrogens with one attached hydrogen (secondary N) is 1. The van der Waals surface area contributed by atoms with E-state index < -0.39 is 11.6 Å². The van der Waals surface area contributed by atoms with E-state index in [0.29, 0.717) is 30.2 Å². The summed E-state index contributed by atoms with van der Waals surface area (Å²) < 4.78 is 37.8. The lowest BCUT2D eigenvalue weighted by Gasteiger charge is -2.27. The number of methoxy groups -OCH3 is 2. The highest BCUT2D eigenvalue weighted by Crippen LogP contribution is 2.28. The van der Waals surface area contributed by atoms with Crippen LogP contribution in [0.1, 0.15) is 35.7 Å². The molecule has 0 aromatic heterocycles. The second kappa shape index (κ2) is 11.8. The summed E-state index contributed by atoms with van der Waals surface area (Å²) in [6.07, 6.45) is 3.70. The highest BCUT2D eigenvalue weighted by molar-refractivity contribution is 5.95. The molecule has 1 N–H and O–H groups in total. The maximum absolute atomic E-state index is 14.1. The molecule has 2 aromatic carbocycles. The van der Waals surface area contributed by atoms with Crippen LogP contribution in [-0.2, 0) is 0 Å². The summed E-state index contributed by atoms with van der Waals surface area (Å²) in [5.74, 6) is -0.375. The molecule has 0 saturated carbocycles. The number of nitrogens with zero attached hydrogens (tertiary/aromatic N) is 1. The first-order chi connectivity index (χ1) is 14.9. The van der Waals surface area contributed by atoms with Crippen LogP contribution in [0.5, 0.6) is 11.5 Å². The Morgan fingerprint density at radius 2 is 1.91 bits per heavy atom. The lowest BCUT2D eigenvalue weighted by atomic mass is 10.1. The van der Waals surface area contributed by atoms with Crippen molar-refractivity contribution in [3.63, 3.8) is 0 Å². The van der Waals surface area contributed by atoms with Crippen molar-refractivity contribution in [1.29, 1.82) is 0 Å². The van der Waals surface area contributed by atoms with E-state index in [0.717, 1.165) is 31.0 Å². The molecule has 2 aromatic rings. The minimum atomic E-state index is -0.630. The van der Waals surface area contributed by atoms with Crippen LogP contribution in [0.15, 0.2) is 42.0 Å². The average Bonchev–Trinajstić information content (AvgIpc) is 3.27. The summed E-state index contributed by atoms with van der Waals surface area (Å²) in [6.45, 7) is 3.62. The summed E-state index contributed by atoms with van der Waals surface area (Å²) >= 11 is 0. The highest BCUT2D eigenvalue weighted by atomic mass is 35.5. The van der Waals surface area contributed by atoms with Gasteiger partial charge in [-0.05, 0) is 56.6 Å². The standard InChI is InChI=1S/C24H28F2N2O3.ClH/c1-16(11-17-6-8-19(25)13-21(17)26)14-28(15-20-5-4-10-27-20)24(29)18-7-9-22(30-2)23(12-18)31-3;/h6-9,11-13,20,27H,4-5,10,14-15H2,1-3H3;1H/b16-11+;/t20-;/m0./s1. The van der Waals surface area contributed by atoms with Crippen molar-refractivity contribution >= 4 is 24.4 Å². The first kappa shape index (κ1) is 25.6. The topological polar surface area (TPSA) is 50.8 Å². The van der Waals surface area contributed by atoms with E-state index in [9.17, 15) is 13.6 Å². The van der Waals surface area contributed by atoms with E-state index in [1.807, 2.05) is 6.92 Å². The molecular formula is C24H29ClF2N2O3. The SMILES string of the molecule is COc1ccc(C(=O)N(C/C(C)=C/c2ccc(F)cc2F)C[C@@H]2CCCN2)cc1OC.Cl. The largest absolute Gasteiger partial charge is 0.493 e. The fourth-order valence-electron chi connectivity index (χ4n) is 3.78. The first-order valence-corrected chi connectivity index (χ1v) is 10.3. The molecule has 0 aliphatic carbocycles. The number of benzene rings is 2. The van der Waals surface area contributed by atoms with E-state index in [4.69, 9.17) is 9.47 Å². The van der Waals surface area contributed by atoms with Crippen LogP contribution in [0.25, 0.3) is 6.08 Å². The molecule has 1 aliphatic heterocycles. The average molecular weight is 467 g/mol. The summed E-state index contributed by atoms with van der Waals surface area (Å²) in [5.41, 5.74) is 1.56. The molecule has 3 rings (SSSR count). The molecule has 174 valence electrons. The van der Waals surface area contributed by atoms with Gasteiger partial charge in [0.25, 0.3) is 5.91 Å². The second-order valence-corrected chi connectivity index (χ2v) is 7.71. The van der Waals surface area contributed by atoms with Crippen LogP contribution in [0, 0.1) is 11.6 Å². The molecule has 1 atom stereocenters. The van der Waals surface area contributed by atoms with Gasteiger partial charge in [-0.25, -0.2) is 8.78 Å². The molecule has 1 aliphatic rings. The number of halogens is 3. The van der Waals surface area contributed by atoms with E-state index in [1.54, 1.807) is 36.3 Å². The zero-order valence-corrected chi connectivity index (χ0v) is 19.3. The van der Waals surface area contributed by atoms with E-state index in [2.05, 4.69) is 5.32 Å². The molecule has 32 heavy (non-hydrogen) atoms. The van der Waals surface area contributed by atoms with Gasteiger partial charge in [0.05, 0.1) is 14.2 Å². The van der Waals surface area contributed by atoms with Crippen molar-refractivity contribution < 1.29 is 23.0 Å². The zero-order chi connectivity index (χ0) is 22.4. The smallest absolute Gasteiger partial charge is 0.254 e. The van der Waals surface area contributed by atoms with Crippen LogP contribution >= 0.6 is 12.4 Å². The van der Waals surface area contributed by atoms with Gasteiger partial charge in [0.1, 0.15) is 11.6 Å². The lowest BCUT2D eigenvalue weighted by Crippen LogP contribution is -2.42. The Balaban J connectivity index is 0.00000363. The van der Waals surface area contributed by atoms with Gasteiger partial charge in [-0.15, -0.1) is 12.4 Å². The minimum absolute atomic E-state index is 0. The van der Waals surface area contributed by atoms with Crippen LogP contribution in [-0.4, -0.2) is 50.7 Å². The van der Waals surface area contributed by atoms with Gasteiger partial charge >= 0.3 is 0 Å². The van der Waals surface area contributed by atoms with Crippen molar-refractivity contribution in [3.05, 3.63) is 64.7 Å². The maximum atomic E-state index is 14.1. The summed E-state index contributed by atoms with van der Waals surface area (Å²) in [4.78, 5) is 15.1. The van der Waals surface area contributed by atoms with Crippen molar-refractivity contribution in [2.75, 3.05) is 33.9 Å². The number of hydrogen-bond donors (Lipinski definition) is 1. The third kappa shape index (κ3) is 6.43. The number of amides is 1. The Hall–Kier alpha value is -2.64. The Morgan fingerprint density at radius 1 is 1.16 bits per heavy atom. The summed E-state index contributed by atoms with van der Waals surface area (Å²) in [6, 6.07) is 8.75. The Labute approximate surface area is 193 Å². The zero-order valence-electron chi connectivity index (χ0n) is 18.5. The van der Waals surface area contributed by atoms with Crippen LogP contribution in [0.2, 0.25) is 0 Å². The molecular weight excluding hydrogens is 438 g/mol. The maximum Gasteiger partial charge on any atom is 0.254 e. The number of carbonyl (C=O) groups is 1. The molecule has 0 spiro atoms. The minimum Gasteiger partial charge on any atom is -0.493 e. The van der Waals surface area contributed by atoms with E-state index in [-0.39, 0.29) is 29.9 Å². The third-order valence-electron chi connectivity index (χ3n) is 5.33. The van der Waals surface area contributed by atoms with Gasteiger partial charge in [0, 0.05) is 36.3 Å². The first-order valence-electron chi connectivity index (χ1n) is 10.3. The van der Waals surface area contributed by atoms with Crippen LogP contribution < -0.4 is 14.8 Å². The van der Waals surface area contributed by atoms with Crippen molar-refractivity contribution in [1.82, 2.24) is 10.2 Å². The molecule has 1 heterocycles. The Morgan fingerprint density at radius 3 is 2.53 bits per heavy atom. The van der Waals surface area contributed by atoms with Gasteiger partial charge in [-0.3, -0.25) is 4.79 Å². The van der Waals surface area contributed by atoms with Gasteiger partial charge in [-0.1, -0.05) is 11.6 Å². The van der Waals surface area contributed by atoms with Crippen molar-refractivity contribution in [3.8, 4) is 11.5 Å². The van der Waals surface area contributed by atoms with Crippen LogP contribution in [0.3, 0.4) is 0 Å². The van der Waals surface area contributed by atoms with E-state index in [1.165, 1.54) is 19.2 Å². The lowest BCUT2D eigenvalue weighted by molar-refractivity contribution is 0.0757. The number of ether oxygens (including phenoxy) is 2. The van der Waals surface area contributed by atoms with Gasteiger partial charge in [0.2, 0.25) is 0 Å².